The van der Waals surface area contributed by atoms with E-state index >= 15 is 0 Å². The number of amides is 1. The molecular weight excluding hydrogens is 580 g/mol. The van der Waals surface area contributed by atoms with Gasteiger partial charge in [-0.25, -0.2) is 9.18 Å². The SMILES string of the molecule is O=C(O)C(F)(F)F.O=C1Nc2ccccc2[C@]12C[C@H]2c1ccc2c(/C=C/c3ccc(CN4CCOCC4)c(F)c3)n[nH]c2c1. The van der Waals surface area contributed by atoms with Crippen molar-refractivity contribution >= 4 is 40.6 Å². The minimum Gasteiger partial charge on any atom is -0.475 e. The van der Waals surface area contributed by atoms with Gasteiger partial charge in [0.2, 0.25) is 5.91 Å². The van der Waals surface area contributed by atoms with Gasteiger partial charge in [-0.2, -0.15) is 18.3 Å². The first-order chi connectivity index (χ1) is 21.1. The fourth-order valence-electron chi connectivity index (χ4n) is 5.92. The van der Waals surface area contributed by atoms with E-state index < -0.39 is 17.6 Å². The molecule has 8 nitrogen and oxygen atoms in total. The van der Waals surface area contributed by atoms with Gasteiger partial charge in [-0.1, -0.05) is 48.5 Å². The van der Waals surface area contributed by atoms with Crippen molar-refractivity contribution in [3.8, 4) is 0 Å². The Bertz CT molecular complexity index is 1760. The second-order valence-electron chi connectivity index (χ2n) is 11.0. The summed E-state index contributed by atoms with van der Waals surface area (Å²) in [5.41, 5.74) is 5.93. The maximum atomic E-state index is 14.8. The summed E-state index contributed by atoms with van der Waals surface area (Å²) in [6.07, 6.45) is -0.468. The van der Waals surface area contributed by atoms with E-state index in [1.54, 1.807) is 6.07 Å². The predicted octanol–water partition coefficient (Wildman–Crippen LogP) is 5.72. The third-order valence-corrected chi connectivity index (χ3v) is 8.29. The van der Waals surface area contributed by atoms with Crippen molar-refractivity contribution in [3.05, 3.63) is 94.4 Å². The molecule has 12 heteroatoms. The molecule has 3 aliphatic rings. The number of carboxylic acids is 1. The number of aromatic amines is 1. The van der Waals surface area contributed by atoms with E-state index in [1.807, 2.05) is 42.5 Å². The van der Waals surface area contributed by atoms with E-state index in [-0.39, 0.29) is 17.6 Å². The van der Waals surface area contributed by atoms with Crippen molar-refractivity contribution in [2.75, 3.05) is 31.6 Å². The maximum Gasteiger partial charge on any atom is 0.490 e. The number of carbonyl (C=O) groups excluding carboxylic acids is 1. The Morgan fingerprint density at radius 1 is 1.09 bits per heavy atom. The minimum absolute atomic E-state index is 0.0928. The topological polar surface area (TPSA) is 108 Å². The number of H-pyrrole nitrogens is 1. The monoisotopic (exact) mass is 608 g/mol. The molecule has 228 valence electrons. The van der Waals surface area contributed by atoms with Crippen LogP contribution in [0.5, 0.6) is 0 Å². The lowest BCUT2D eigenvalue weighted by Gasteiger charge is -2.26. The lowest BCUT2D eigenvalue weighted by Crippen LogP contribution is -2.35. The smallest absolute Gasteiger partial charge is 0.475 e. The van der Waals surface area contributed by atoms with Gasteiger partial charge < -0.3 is 15.2 Å². The van der Waals surface area contributed by atoms with Gasteiger partial charge in [-0.05, 0) is 47.4 Å². The van der Waals surface area contributed by atoms with Gasteiger partial charge in [0.15, 0.2) is 0 Å². The molecule has 0 radical (unpaired) electrons. The normalized spacial score (nSPS) is 21.3. The van der Waals surface area contributed by atoms with Gasteiger partial charge in [0, 0.05) is 42.2 Å². The van der Waals surface area contributed by atoms with Crippen LogP contribution in [0.3, 0.4) is 0 Å². The average molecular weight is 609 g/mol. The minimum atomic E-state index is -5.08. The molecule has 0 unspecified atom stereocenters. The largest absolute Gasteiger partial charge is 0.490 e. The number of aromatic nitrogens is 2. The van der Waals surface area contributed by atoms with Crippen LogP contribution in [0.1, 0.15) is 40.3 Å². The highest BCUT2D eigenvalue weighted by Crippen LogP contribution is 2.65. The number of hydrogen-bond donors (Lipinski definition) is 3. The van der Waals surface area contributed by atoms with Gasteiger partial charge in [0.1, 0.15) is 5.82 Å². The molecule has 2 fully saturated rings. The van der Waals surface area contributed by atoms with Gasteiger partial charge in [0.25, 0.3) is 0 Å². The number of para-hydroxylation sites is 1. The molecule has 1 aromatic heterocycles. The number of carboxylic acid groups (broad SMARTS) is 1. The summed E-state index contributed by atoms with van der Waals surface area (Å²) in [6.45, 7) is 3.66. The van der Waals surface area contributed by atoms with Crippen molar-refractivity contribution in [2.45, 2.75) is 30.5 Å². The Morgan fingerprint density at radius 2 is 1.84 bits per heavy atom. The molecule has 2 atom stereocenters. The zero-order valence-corrected chi connectivity index (χ0v) is 23.3. The molecule has 3 N–H and O–H groups in total. The zero-order chi connectivity index (χ0) is 31.1. The van der Waals surface area contributed by atoms with Crippen LogP contribution in [0.25, 0.3) is 23.1 Å². The molecule has 1 amide bonds. The highest BCUT2D eigenvalue weighted by atomic mass is 19.4. The number of fused-ring (bicyclic) bond motifs is 3. The Morgan fingerprint density at radius 3 is 2.57 bits per heavy atom. The zero-order valence-electron chi connectivity index (χ0n) is 23.3. The quantitative estimate of drug-likeness (QED) is 0.251. The van der Waals surface area contributed by atoms with Crippen LogP contribution in [-0.2, 0) is 26.3 Å². The number of carbonyl (C=O) groups is 2. The fourth-order valence-corrected chi connectivity index (χ4v) is 5.92. The van der Waals surface area contributed by atoms with E-state index in [2.05, 4.69) is 44.7 Å². The van der Waals surface area contributed by atoms with Crippen LogP contribution in [-0.4, -0.2) is 64.6 Å². The van der Waals surface area contributed by atoms with E-state index in [0.717, 1.165) is 58.5 Å². The summed E-state index contributed by atoms with van der Waals surface area (Å²) in [5.74, 6) is -2.70. The van der Waals surface area contributed by atoms with Crippen LogP contribution in [0.2, 0.25) is 0 Å². The van der Waals surface area contributed by atoms with Crippen LogP contribution in [0.15, 0.2) is 60.7 Å². The molecule has 3 heterocycles. The van der Waals surface area contributed by atoms with Gasteiger partial charge in [-0.3, -0.25) is 14.8 Å². The van der Waals surface area contributed by atoms with Crippen molar-refractivity contribution < 1.29 is 37.0 Å². The first kappa shape index (κ1) is 29.5. The van der Waals surface area contributed by atoms with Crippen molar-refractivity contribution in [1.82, 2.24) is 15.1 Å². The second kappa shape index (κ2) is 11.5. The Kier molecular flexibility index (Phi) is 7.72. The fraction of sp³-hybridized carbons (Fsp3) is 0.281. The van der Waals surface area contributed by atoms with Gasteiger partial charge >= 0.3 is 12.1 Å². The van der Waals surface area contributed by atoms with Crippen LogP contribution < -0.4 is 5.32 Å². The standard InChI is InChI=1S/C30H27FN4O2.C2HF3O2/c31-25-15-19(5-7-21(25)18-35-11-13-37-14-12-35)6-10-26-22-9-8-20(16-28(22)34-33-26)24-17-30(24)23-3-1-2-4-27(23)32-29(30)36;3-2(4,5)1(6)7/h1-10,15-16,24H,11-14,17-18H2,(H,32,36)(H,33,34);(H,6,7)/b10-6+;/t24-,30-;/m0./s1. The third-order valence-electron chi connectivity index (χ3n) is 8.29. The number of aliphatic carboxylic acids is 1. The second-order valence-corrected chi connectivity index (χ2v) is 11.0. The average Bonchev–Trinajstić information content (AvgIpc) is 3.53. The summed E-state index contributed by atoms with van der Waals surface area (Å²) in [4.78, 5) is 24.0. The number of nitrogens with one attached hydrogen (secondary N) is 2. The highest BCUT2D eigenvalue weighted by molar-refractivity contribution is 6.09. The Labute approximate surface area is 249 Å². The number of anilines is 1. The molecule has 1 saturated carbocycles. The molecule has 2 aliphatic heterocycles. The van der Waals surface area contributed by atoms with E-state index in [9.17, 15) is 22.4 Å². The van der Waals surface area contributed by atoms with Crippen LogP contribution >= 0.6 is 0 Å². The number of morpholine rings is 1. The lowest BCUT2D eigenvalue weighted by molar-refractivity contribution is -0.192. The van der Waals surface area contributed by atoms with E-state index in [1.165, 1.54) is 0 Å². The number of halogens is 4. The summed E-state index contributed by atoms with van der Waals surface area (Å²) >= 11 is 0. The number of benzene rings is 3. The van der Waals surface area contributed by atoms with Crippen molar-refractivity contribution in [1.29, 1.82) is 0 Å². The predicted molar refractivity (Wildman–Crippen MR) is 155 cm³/mol. The van der Waals surface area contributed by atoms with Gasteiger partial charge in [0.05, 0.1) is 29.8 Å². The summed E-state index contributed by atoms with van der Waals surface area (Å²) in [7, 11) is 0. The molecule has 1 saturated heterocycles. The lowest BCUT2D eigenvalue weighted by atomic mass is 9.92. The summed E-state index contributed by atoms with van der Waals surface area (Å²) in [6, 6.07) is 19.6. The number of nitrogens with zero attached hydrogens (tertiary/aromatic N) is 2. The first-order valence-corrected chi connectivity index (χ1v) is 14.0. The summed E-state index contributed by atoms with van der Waals surface area (Å²) in [5, 5.41) is 18.8. The number of rotatable bonds is 5. The van der Waals surface area contributed by atoms with Crippen LogP contribution in [0, 0.1) is 5.82 Å². The van der Waals surface area contributed by atoms with Crippen molar-refractivity contribution in [2.24, 2.45) is 0 Å². The third kappa shape index (κ3) is 5.70. The molecule has 4 aromatic rings. The number of ether oxygens (including phenoxy) is 1. The molecular formula is C32H28F4N4O4. The van der Waals surface area contributed by atoms with E-state index in [4.69, 9.17) is 14.6 Å². The first-order valence-electron chi connectivity index (χ1n) is 14.0. The Balaban J connectivity index is 0.000000441. The Hall–Kier alpha value is -4.55. The summed E-state index contributed by atoms with van der Waals surface area (Å²) < 4.78 is 51.9. The molecule has 0 bridgehead atoms. The molecule has 7 rings (SSSR count). The number of alkyl halides is 3. The molecule has 3 aromatic carbocycles. The number of hydrogen-bond acceptors (Lipinski definition) is 5. The maximum absolute atomic E-state index is 14.8. The van der Waals surface area contributed by atoms with Crippen LogP contribution in [0.4, 0.5) is 23.2 Å². The molecule has 44 heavy (non-hydrogen) atoms. The van der Waals surface area contributed by atoms with Gasteiger partial charge in [-0.15, -0.1) is 0 Å². The van der Waals surface area contributed by atoms with Crippen molar-refractivity contribution in [3.63, 3.8) is 0 Å². The molecule has 1 spiro atoms. The van der Waals surface area contributed by atoms with E-state index in [0.29, 0.717) is 25.3 Å². The highest BCUT2D eigenvalue weighted by Gasteiger charge is 2.65. The molecule has 1 aliphatic carbocycles.